The Bertz CT molecular complexity index is 1190. The number of rotatable bonds is 5. The zero-order chi connectivity index (χ0) is 22.9. The summed E-state index contributed by atoms with van der Waals surface area (Å²) in [4.78, 5) is 52.8. The fourth-order valence-electron chi connectivity index (χ4n) is 6.02. The van der Waals surface area contributed by atoms with Gasteiger partial charge in [0.1, 0.15) is 0 Å². The molecule has 0 N–H and O–H groups in total. The van der Waals surface area contributed by atoms with E-state index in [2.05, 4.69) is 12.2 Å². The fourth-order valence-corrected chi connectivity index (χ4v) is 6.02. The summed E-state index contributed by atoms with van der Waals surface area (Å²) in [5.41, 5.74) is 2.08. The molecule has 0 unspecified atom stereocenters. The van der Waals surface area contributed by atoms with Gasteiger partial charge < -0.3 is 4.74 Å². The first-order valence-corrected chi connectivity index (χ1v) is 11.4. The second kappa shape index (κ2) is 7.24. The van der Waals surface area contributed by atoms with Gasteiger partial charge in [-0.05, 0) is 55.2 Å². The number of allylic oxidation sites excluding steroid dienone is 2. The number of hydrogen-bond donors (Lipinski definition) is 0. The molecule has 6 nitrogen and oxygen atoms in total. The summed E-state index contributed by atoms with van der Waals surface area (Å²) < 4.78 is 5.22. The molecular formula is C27H23NO5. The predicted octanol–water partition coefficient (Wildman–Crippen LogP) is 3.59. The number of ketones is 1. The Hall–Kier alpha value is -3.54. The Balaban J connectivity index is 1.18. The van der Waals surface area contributed by atoms with Crippen molar-refractivity contribution < 1.29 is 23.9 Å². The average Bonchev–Trinajstić information content (AvgIpc) is 3.61. The number of carbonyl (C=O) groups excluding carboxylic acids is 4. The van der Waals surface area contributed by atoms with Gasteiger partial charge in [-0.25, -0.2) is 9.69 Å². The molecule has 6 atom stereocenters. The van der Waals surface area contributed by atoms with E-state index in [1.54, 1.807) is 30.3 Å². The van der Waals surface area contributed by atoms with Crippen LogP contribution in [0, 0.1) is 42.4 Å². The third-order valence-electron chi connectivity index (χ3n) is 7.71. The largest absolute Gasteiger partial charge is 0.454 e. The maximum absolute atomic E-state index is 13.3. The topological polar surface area (TPSA) is 80.8 Å². The highest BCUT2D eigenvalue weighted by Gasteiger charge is 2.67. The van der Waals surface area contributed by atoms with Crippen molar-refractivity contribution in [3.05, 3.63) is 77.4 Å². The average molecular weight is 441 g/mol. The van der Waals surface area contributed by atoms with Crippen LogP contribution in [0.15, 0.2) is 60.7 Å². The molecule has 5 aliphatic rings. The lowest BCUT2D eigenvalue weighted by molar-refractivity contribution is -0.124. The van der Waals surface area contributed by atoms with Gasteiger partial charge in [-0.1, -0.05) is 48.0 Å². The van der Waals surface area contributed by atoms with Gasteiger partial charge in [0.15, 0.2) is 12.4 Å². The highest BCUT2D eigenvalue weighted by atomic mass is 16.5. The van der Waals surface area contributed by atoms with Crippen molar-refractivity contribution in [2.24, 2.45) is 35.5 Å². The molecule has 2 amide bonds. The number of ether oxygens (including phenoxy) is 1. The van der Waals surface area contributed by atoms with Crippen LogP contribution in [0.2, 0.25) is 0 Å². The molecule has 2 aromatic carbocycles. The number of Topliss-reactive ketones (excluding diaryl/α,β-unsaturated/α-hetero) is 1. The SMILES string of the molecule is Cc1ccc(C(=O)COC(=O)c2cccc(N3C(=O)[C@H]4[C@@H]5C=C[C@H]([C@H]6C[C@H]56)[C@@H]4C3=O)c2)cc1. The lowest BCUT2D eigenvalue weighted by Gasteiger charge is -2.37. The maximum atomic E-state index is 13.3. The van der Waals surface area contributed by atoms with Crippen LogP contribution in [0.4, 0.5) is 5.69 Å². The minimum absolute atomic E-state index is 0.146. The second-order valence-corrected chi connectivity index (χ2v) is 9.58. The van der Waals surface area contributed by atoms with E-state index in [-0.39, 0.29) is 53.4 Å². The molecule has 2 saturated carbocycles. The maximum Gasteiger partial charge on any atom is 0.338 e. The molecule has 0 spiro atoms. The minimum atomic E-state index is -0.670. The molecule has 7 rings (SSSR count). The van der Waals surface area contributed by atoms with E-state index in [0.717, 1.165) is 12.0 Å². The summed E-state index contributed by atoms with van der Waals surface area (Å²) in [6.07, 6.45) is 5.37. The van der Waals surface area contributed by atoms with E-state index in [1.807, 2.05) is 19.1 Å². The molecule has 3 fully saturated rings. The highest BCUT2D eigenvalue weighted by Crippen LogP contribution is 2.65. The van der Waals surface area contributed by atoms with Crippen LogP contribution >= 0.6 is 0 Å². The van der Waals surface area contributed by atoms with Crippen LogP contribution < -0.4 is 4.90 Å². The van der Waals surface area contributed by atoms with E-state index < -0.39 is 5.97 Å². The smallest absolute Gasteiger partial charge is 0.338 e. The standard InChI is InChI=1S/C27H23NO5/c1-14-5-7-15(8-6-14)22(29)13-33-27(32)16-3-2-4-17(11-16)28-25(30)23-18-9-10-19(21-12-20(18)21)24(23)26(28)31/h2-11,18-21,23-24H,12-13H2,1H3/t18-,19-,20-,21-,23+,24+/m1/s1. The summed E-state index contributed by atoms with van der Waals surface area (Å²) in [6, 6.07) is 13.4. The molecular weight excluding hydrogens is 418 g/mol. The molecule has 2 bridgehead atoms. The zero-order valence-corrected chi connectivity index (χ0v) is 18.1. The minimum Gasteiger partial charge on any atom is -0.454 e. The Kier molecular flexibility index (Phi) is 4.41. The number of carbonyl (C=O) groups is 4. The Morgan fingerprint density at radius 3 is 2.18 bits per heavy atom. The van der Waals surface area contributed by atoms with Gasteiger partial charge in [0.05, 0.1) is 23.1 Å². The molecule has 4 aliphatic carbocycles. The highest BCUT2D eigenvalue weighted by molar-refractivity contribution is 6.23. The van der Waals surface area contributed by atoms with Crippen LogP contribution in [-0.4, -0.2) is 30.2 Å². The Morgan fingerprint density at radius 2 is 1.55 bits per heavy atom. The second-order valence-electron chi connectivity index (χ2n) is 9.58. The van der Waals surface area contributed by atoms with E-state index in [9.17, 15) is 19.2 Å². The normalized spacial score (nSPS) is 30.8. The molecule has 6 heteroatoms. The first-order valence-electron chi connectivity index (χ1n) is 11.4. The third-order valence-corrected chi connectivity index (χ3v) is 7.71. The molecule has 166 valence electrons. The van der Waals surface area contributed by atoms with Gasteiger partial charge in [-0.2, -0.15) is 0 Å². The Morgan fingerprint density at radius 1 is 0.909 bits per heavy atom. The molecule has 2 aromatic rings. The number of hydrogen-bond acceptors (Lipinski definition) is 5. The van der Waals surface area contributed by atoms with Crippen LogP contribution in [0.5, 0.6) is 0 Å². The third kappa shape index (κ3) is 3.08. The quantitative estimate of drug-likeness (QED) is 0.307. The lowest BCUT2D eigenvalue weighted by atomic mass is 9.63. The summed E-state index contributed by atoms with van der Waals surface area (Å²) in [5, 5.41) is 0. The molecule has 0 radical (unpaired) electrons. The first-order chi connectivity index (χ1) is 15.9. The number of amides is 2. The van der Waals surface area contributed by atoms with E-state index in [0.29, 0.717) is 23.1 Å². The van der Waals surface area contributed by atoms with Crippen molar-refractivity contribution in [3.8, 4) is 0 Å². The summed E-state index contributed by atoms with van der Waals surface area (Å²) in [6.45, 7) is 1.55. The summed E-state index contributed by atoms with van der Waals surface area (Å²) in [5.74, 6) is -0.537. The monoisotopic (exact) mass is 441 g/mol. The summed E-state index contributed by atoms with van der Waals surface area (Å²) in [7, 11) is 0. The molecule has 0 aromatic heterocycles. The number of benzene rings is 2. The van der Waals surface area contributed by atoms with Crippen LogP contribution in [0.25, 0.3) is 0 Å². The van der Waals surface area contributed by atoms with E-state index >= 15 is 0 Å². The van der Waals surface area contributed by atoms with Gasteiger partial charge in [-0.3, -0.25) is 14.4 Å². The number of esters is 1. The summed E-state index contributed by atoms with van der Waals surface area (Å²) >= 11 is 0. The molecule has 1 aliphatic heterocycles. The van der Waals surface area contributed by atoms with Crippen LogP contribution in [-0.2, 0) is 14.3 Å². The van der Waals surface area contributed by atoms with E-state index in [4.69, 9.17) is 4.74 Å². The zero-order valence-electron chi connectivity index (χ0n) is 18.1. The van der Waals surface area contributed by atoms with Crippen LogP contribution in [0.1, 0.15) is 32.7 Å². The van der Waals surface area contributed by atoms with E-state index in [1.165, 1.54) is 11.0 Å². The van der Waals surface area contributed by atoms with Crippen molar-refractivity contribution >= 4 is 29.3 Å². The van der Waals surface area contributed by atoms with Gasteiger partial charge in [-0.15, -0.1) is 0 Å². The van der Waals surface area contributed by atoms with Crippen molar-refractivity contribution in [1.29, 1.82) is 0 Å². The van der Waals surface area contributed by atoms with Crippen molar-refractivity contribution in [3.63, 3.8) is 0 Å². The molecule has 1 heterocycles. The van der Waals surface area contributed by atoms with Gasteiger partial charge in [0.2, 0.25) is 11.8 Å². The number of nitrogens with zero attached hydrogens (tertiary/aromatic N) is 1. The van der Waals surface area contributed by atoms with Crippen molar-refractivity contribution in [2.75, 3.05) is 11.5 Å². The molecule has 33 heavy (non-hydrogen) atoms. The number of aryl methyl sites for hydroxylation is 1. The predicted molar refractivity (Wildman–Crippen MR) is 119 cm³/mol. The first kappa shape index (κ1) is 20.1. The number of imide groups is 1. The van der Waals surface area contributed by atoms with Crippen LogP contribution in [0.3, 0.4) is 0 Å². The van der Waals surface area contributed by atoms with Gasteiger partial charge in [0, 0.05) is 5.56 Å². The fraction of sp³-hybridized carbons (Fsp3) is 0.333. The van der Waals surface area contributed by atoms with Crippen molar-refractivity contribution in [2.45, 2.75) is 13.3 Å². The van der Waals surface area contributed by atoms with Gasteiger partial charge in [0.25, 0.3) is 0 Å². The lowest BCUT2D eigenvalue weighted by Crippen LogP contribution is -2.40. The Labute approximate surface area is 191 Å². The van der Waals surface area contributed by atoms with Gasteiger partial charge >= 0.3 is 5.97 Å². The molecule has 1 saturated heterocycles. The number of anilines is 1. The van der Waals surface area contributed by atoms with Crippen molar-refractivity contribution in [1.82, 2.24) is 0 Å².